The van der Waals surface area contributed by atoms with Gasteiger partial charge in [-0.2, -0.15) is 0 Å². The Hall–Kier alpha value is -0.510. The summed E-state index contributed by atoms with van der Waals surface area (Å²) >= 11 is 11.7. The van der Waals surface area contributed by atoms with Gasteiger partial charge >= 0.3 is 0 Å². The number of anilines is 1. The van der Waals surface area contributed by atoms with Crippen LogP contribution < -0.4 is 5.32 Å². The van der Waals surface area contributed by atoms with Crippen molar-refractivity contribution in [1.82, 2.24) is 4.98 Å². The molecule has 3 nitrogen and oxygen atoms in total. The van der Waals surface area contributed by atoms with E-state index in [1.165, 1.54) is 0 Å². The van der Waals surface area contributed by atoms with Crippen LogP contribution in [-0.4, -0.2) is 23.2 Å². The molecule has 1 atom stereocenters. The van der Waals surface area contributed by atoms with Crippen LogP contribution in [0.5, 0.6) is 0 Å². The molecule has 1 rings (SSSR count). The van der Waals surface area contributed by atoms with Gasteiger partial charge in [-0.05, 0) is 18.4 Å². The number of pyridine rings is 1. The molecule has 0 radical (unpaired) electrons. The molecule has 0 aliphatic rings. The largest absolute Gasteiger partial charge is 0.396 e. The molecule has 0 saturated heterocycles. The zero-order valence-electron chi connectivity index (χ0n) is 8.50. The fourth-order valence-electron chi connectivity index (χ4n) is 1.14. The maximum absolute atomic E-state index is 8.74. The van der Waals surface area contributed by atoms with Gasteiger partial charge in [0.2, 0.25) is 0 Å². The minimum atomic E-state index is 0.199. The molecule has 84 valence electrons. The van der Waals surface area contributed by atoms with Crippen molar-refractivity contribution in [1.29, 1.82) is 0 Å². The molecule has 1 aromatic heterocycles. The van der Waals surface area contributed by atoms with Gasteiger partial charge in [0.05, 0.1) is 10.0 Å². The molecule has 0 saturated carbocycles. The van der Waals surface area contributed by atoms with Crippen molar-refractivity contribution < 1.29 is 5.11 Å². The van der Waals surface area contributed by atoms with Crippen LogP contribution in [0, 0.1) is 5.92 Å². The lowest BCUT2D eigenvalue weighted by molar-refractivity contribution is 0.266. The summed E-state index contributed by atoms with van der Waals surface area (Å²) in [7, 11) is 0. The minimum Gasteiger partial charge on any atom is -0.396 e. The van der Waals surface area contributed by atoms with E-state index in [9.17, 15) is 0 Å². The number of aromatic nitrogens is 1. The average molecular weight is 249 g/mol. The molecule has 2 N–H and O–H groups in total. The molecule has 1 aromatic rings. The Kier molecular flexibility index (Phi) is 5.15. The molecule has 1 heterocycles. The number of nitrogens with one attached hydrogen (secondary N) is 1. The highest BCUT2D eigenvalue weighted by molar-refractivity contribution is 6.35. The van der Waals surface area contributed by atoms with Crippen LogP contribution in [0.4, 0.5) is 5.82 Å². The molecule has 0 spiro atoms. The highest BCUT2D eigenvalue weighted by Gasteiger charge is 2.05. The Morgan fingerprint density at radius 1 is 1.53 bits per heavy atom. The minimum absolute atomic E-state index is 0.199. The van der Waals surface area contributed by atoms with Crippen LogP contribution in [0.15, 0.2) is 12.3 Å². The van der Waals surface area contributed by atoms with Gasteiger partial charge in [0.15, 0.2) is 0 Å². The summed E-state index contributed by atoms with van der Waals surface area (Å²) < 4.78 is 0. The second-order valence-corrected chi connectivity index (χ2v) is 4.33. The van der Waals surface area contributed by atoms with E-state index in [2.05, 4.69) is 10.3 Å². The molecular weight excluding hydrogens is 235 g/mol. The number of hydrogen-bond acceptors (Lipinski definition) is 3. The SMILES string of the molecule is CC(CCO)CNc1ncc(Cl)cc1Cl. The lowest BCUT2D eigenvalue weighted by atomic mass is 10.1. The Bertz CT molecular complexity index is 320. The average Bonchev–Trinajstić information content (AvgIpc) is 2.17. The smallest absolute Gasteiger partial charge is 0.144 e. The molecule has 0 aliphatic carbocycles. The molecule has 5 heteroatoms. The molecule has 0 fully saturated rings. The van der Waals surface area contributed by atoms with Gasteiger partial charge in [-0.15, -0.1) is 0 Å². The second kappa shape index (κ2) is 6.16. The first kappa shape index (κ1) is 12.6. The van der Waals surface area contributed by atoms with E-state index >= 15 is 0 Å². The van der Waals surface area contributed by atoms with Gasteiger partial charge in [0.25, 0.3) is 0 Å². The van der Waals surface area contributed by atoms with Gasteiger partial charge in [0, 0.05) is 19.3 Å². The van der Waals surface area contributed by atoms with Gasteiger partial charge in [-0.25, -0.2) is 4.98 Å². The molecule has 0 aromatic carbocycles. The van der Waals surface area contributed by atoms with Crippen molar-refractivity contribution in [3.63, 3.8) is 0 Å². The zero-order valence-corrected chi connectivity index (χ0v) is 10.0. The fourth-order valence-corrected chi connectivity index (χ4v) is 1.58. The van der Waals surface area contributed by atoms with E-state index < -0.39 is 0 Å². The fraction of sp³-hybridized carbons (Fsp3) is 0.500. The standard InChI is InChI=1S/C10H14Cl2N2O/c1-7(2-3-15)5-13-10-9(12)4-8(11)6-14-10/h4,6-7,15H,2-3,5H2,1H3,(H,13,14). The highest BCUT2D eigenvalue weighted by atomic mass is 35.5. The van der Waals surface area contributed by atoms with Gasteiger partial charge in [-0.3, -0.25) is 0 Å². The first-order valence-electron chi connectivity index (χ1n) is 4.79. The maximum atomic E-state index is 8.74. The van der Waals surface area contributed by atoms with E-state index in [4.69, 9.17) is 28.3 Å². The molecule has 0 aliphatic heterocycles. The topological polar surface area (TPSA) is 45.1 Å². The van der Waals surface area contributed by atoms with E-state index in [0.717, 1.165) is 13.0 Å². The first-order valence-corrected chi connectivity index (χ1v) is 5.55. The van der Waals surface area contributed by atoms with Crippen LogP contribution in [0.1, 0.15) is 13.3 Å². The van der Waals surface area contributed by atoms with Crippen molar-refractivity contribution in [2.75, 3.05) is 18.5 Å². The third-order valence-electron chi connectivity index (χ3n) is 2.05. The highest BCUT2D eigenvalue weighted by Crippen LogP contribution is 2.22. The quantitative estimate of drug-likeness (QED) is 0.843. The summed E-state index contributed by atoms with van der Waals surface area (Å²) in [5.74, 6) is 1.01. The normalized spacial score (nSPS) is 12.5. The molecule has 15 heavy (non-hydrogen) atoms. The summed E-state index contributed by atoms with van der Waals surface area (Å²) in [6, 6.07) is 1.65. The predicted molar refractivity (Wildman–Crippen MR) is 63.6 cm³/mol. The maximum Gasteiger partial charge on any atom is 0.144 e. The Labute approximate surface area is 99.4 Å². The first-order chi connectivity index (χ1) is 7.13. The summed E-state index contributed by atoms with van der Waals surface area (Å²) in [5.41, 5.74) is 0. The number of halogens is 2. The van der Waals surface area contributed by atoms with Crippen molar-refractivity contribution in [3.8, 4) is 0 Å². The number of aliphatic hydroxyl groups is 1. The van der Waals surface area contributed by atoms with Crippen LogP contribution in [-0.2, 0) is 0 Å². The van der Waals surface area contributed by atoms with Crippen molar-refractivity contribution in [3.05, 3.63) is 22.3 Å². The van der Waals surface area contributed by atoms with E-state index in [1.54, 1.807) is 12.3 Å². The number of aliphatic hydroxyl groups excluding tert-OH is 1. The second-order valence-electron chi connectivity index (χ2n) is 3.48. The van der Waals surface area contributed by atoms with Crippen molar-refractivity contribution in [2.24, 2.45) is 5.92 Å². The van der Waals surface area contributed by atoms with Gasteiger partial charge < -0.3 is 10.4 Å². The zero-order chi connectivity index (χ0) is 11.3. The third-order valence-corrected chi connectivity index (χ3v) is 2.54. The van der Waals surface area contributed by atoms with Crippen LogP contribution >= 0.6 is 23.2 Å². The third kappa shape index (κ3) is 4.24. The van der Waals surface area contributed by atoms with Crippen molar-refractivity contribution in [2.45, 2.75) is 13.3 Å². The number of rotatable bonds is 5. The monoisotopic (exact) mass is 248 g/mol. The van der Waals surface area contributed by atoms with Gasteiger partial charge in [0.1, 0.15) is 5.82 Å². The van der Waals surface area contributed by atoms with E-state index in [1.807, 2.05) is 6.92 Å². The van der Waals surface area contributed by atoms with Crippen LogP contribution in [0.2, 0.25) is 10.0 Å². The summed E-state index contributed by atoms with van der Waals surface area (Å²) in [6.45, 7) is 2.98. The molecular formula is C10H14Cl2N2O. The van der Waals surface area contributed by atoms with E-state index in [0.29, 0.717) is 21.8 Å². The Morgan fingerprint density at radius 2 is 2.27 bits per heavy atom. The summed E-state index contributed by atoms with van der Waals surface area (Å²) in [4.78, 5) is 4.07. The lowest BCUT2D eigenvalue weighted by Gasteiger charge is -2.12. The predicted octanol–water partition coefficient (Wildman–Crippen LogP) is 2.82. The lowest BCUT2D eigenvalue weighted by Crippen LogP contribution is -2.13. The van der Waals surface area contributed by atoms with Crippen molar-refractivity contribution >= 4 is 29.0 Å². The summed E-state index contributed by atoms with van der Waals surface area (Å²) in [6.07, 6.45) is 2.31. The van der Waals surface area contributed by atoms with E-state index in [-0.39, 0.29) is 6.61 Å². The van der Waals surface area contributed by atoms with Crippen LogP contribution in [0.25, 0.3) is 0 Å². The Morgan fingerprint density at radius 3 is 2.87 bits per heavy atom. The molecule has 1 unspecified atom stereocenters. The number of hydrogen-bond donors (Lipinski definition) is 2. The molecule has 0 bridgehead atoms. The van der Waals surface area contributed by atoms with Gasteiger partial charge in [-0.1, -0.05) is 30.1 Å². The Balaban J connectivity index is 2.50. The summed E-state index contributed by atoms with van der Waals surface area (Å²) in [5, 5.41) is 12.9. The molecule has 0 amide bonds. The number of nitrogens with zero attached hydrogens (tertiary/aromatic N) is 1. The van der Waals surface area contributed by atoms with Crippen LogP contribution in [0.3, 0.4) is 0 Å².